The van der Waals surface area contributed by atoms with E-state index in [1.807, 2.05) is 50.2 Å². The van der Waals surface area contributed by atoms with Crippen LogP contribution in [0, 0.1) is 25.2 Å². The van der Waals surface area contributed by atoms with Crippen molar-refractivity contribution in [3.8, 4) is 11.8 Å². The Bertz CT molecular complexity index is 737. The molecule has 0 bridgehead atoms. The fraction of sp³-hybridized carbons (Fsp3) is 0.158. The van der Waals surface area contributed by atoms with Gasteiger partial charge in [0.25, 0.3) is 0 Å². The lowest BCUT2D eigenvalue weighted by Crippen LogP contribution is -1.96. The summed E-state index contributed by atoms with van der Waals surface area (Å²) in [6.07, 6.45) is 3.33. The molecule has 2 rings (SSSR count). The summed E-state index contributed by atoms with van der Waals surface area (Å²) in [7, 11) is 0. The Balaban J connectivity index is 2.06. The summed E-state index contributed by atoms with van der Waals surface area (Å²) in [5.74, 6) is 0.618. The van der Waals surface area contributed by atoms with Crippen LogP contribution < -0.4 is 4.74 Å². The van der Waals surface area contributed by atoms with Gasteiger partial charge in [-0.25, -0.2) is 0 Å². The van der Waals surface area contributed by atoms with E-state index < -0.39 is 0 Å². The standard InChI is InChI=1S/C19H17NO2/c1-14-3-7-17(13-15(14)2)19(21)10-6-16-4-8-18(9-5-16)22-12-11-20/h3-10,13H,12H2,1-2H3/b10-6+. The van der Waals surface area contributed by atoms with Crippen molar-refractivity contribution in [1.29, 1.82) is 5.26 Å². The second-order valence-corrected chi connectivity index (χ2v) is 5.01. The van der Waals surface area contributed by atoms with Gasteiger partial charge >= 0.3 is 0 Å². The summed E-state index contributed by atoms with van der Waals surface area (Å²) < 4.78 is 5.18. The summed E-state index contributed by atoms with van der Waals surface area (Å²) in [4.78, 5) is 12.1. The van der Waals surface area contributed by atoms with Crippen molar-refractivity contribution in [3.05, 3.63) is 70.8 Å². The molecule has 3 heteroatoms. The largest absolute Gasteiger partial charge is 0.479 e. The first-order chi connectivity index (χ1) is 10.6. The van der Waals surface area contributed by atoms with Crippen LogP contribution in [0.1, 0.15) is 27.0 Å². The molecule has 22 heavy (non-hydrogen) atoms. The third kappa shape index (κ3) is 4.07. The van der Waals surface area contributed by atoms with Crippen molar-refractivity contribution in [3.63, 3.8) is 0 Å². The molecule has 2 aromatic carbocycles. The van der Waals surface area contributed by atoms with Crippen molar-refractivity contribution in [1.82, 2.24) is 0 Å². The molecular formula is C19H17NO2. The topological polar surface area (TPSA) is 50.1 Å². The fourth-order valence-corrected chi connectivity index (χ4v) is 1.95. The van der Waals surface area contributed by atoms with Crippen molar-refractivity contribution >= 4 is 11.9 Å². The van der Waals surface area contributed by atoms with Crippen molar-refractivity contribution < 1.29 is 9.53 Å². The molecule has 0 aliphatic heterocycles. The molecule has 0 saturated carbocycles. The third-order valence-corrected chi connectivity index (χ3v) is 3.40. The lowest BCUT2D eigenvalue weighted by Gasteiger charge is -2.02. The molecule has 0 unspecified atom stereocenters. The molecule has 0 fully saturated rings. The molecule has 0 aliphatic rings. The van der Waals surface area contributed by atoms with E-state index in [9.17, 15) is 4.79 Å². The van der Waals surface area contributed by atoms with Crippen LogP contribution >= 0.6 is 0 Å². The lowest BCUT2D eigenvalue weighted by atomic mass is 10.0. The minimum absolute atomic E-state index is 0.0205. The number of ether oxygens (including phenoxy) is 1. The highest BCUT2D eigenvalue weighted by Gasteiger charge is 2.03. The van der Waals surface area contributed by atoms with Gasteiger partial charge in [-0.3, -0.25) is 4.79 Å². The number of nitriles is 1. The van der Waals surface area contributed by atoms with Gasteiger partial charge in [0.15, 0.2) is 12.4 Å². The quantitative estimate of drug-likeness (QED) is 0.615. The number of nitrogens with zero attached hydrogens (tertiary/aromatic N) is 1. The molecule has 0 N–H and O–H groups in total. The average molecular weight is 291 g/mol. The Labute approximate surface area is 130 Å². The molecule has 3 nitrogen and oxygen atoms in total. The molecule has 110 valence electrons. The summed E-state index contributed by atoms with van der Waals surface area (Å²) in [6.45, 7) is 4.05. The zero-order chi connectivity index (χ0) is 15.9. The zero-order valence-electron chi connectivity index (χ0n) is 12.7. The summed E-state index contributed by atoms with van der Waals surface area (Å²) in [6, 6.07) is 14.9. The maximum Gasteiger partial charge on any atom is 0.185 e. The van der Waals surface area contributed by atoms with E-state index in [2.05, 4.69) is 0 Å². The molecule has 0 saturated heterocycles. The lowest BCUT2D eigenvalue weighted by molar-refractivity contribution is 0.104. The molecule has 2 aromatic rings. The minimum Gasteiger partial charge on any atom is -0.479 e. The van der Waals surface area contributed by atoms with E-state index in [1.54, 1.807) is 24.3 Å². The Morgan fingerprint density at radius 1 is 1.14 bits per heavy atom. The zero-order valence-corrected chi connectivity index (χ0v) is 12.7. The molecule has 0 radical (unpaired) electrons. The fourth-order valence-electron chi connectivity index (χ4n) is 1.95. The maximum absolute atomic E-state index is 12.1. The highest BCUT2D eigenvalue weighted by molar-refractivity contribution is 6.06. The number of ketones is 1. The van der Waals surface area contributed by atoms with Gasteiger partial charge in [-0.15, -0.1) is 0 Å². The first-order valence-corrected chi connectivity index (χ1v) is 6.99. The number of hydrogen-bond donors (Lipinski definition) is 0. The predicted octanol–water partition coefficient (Wildman–Crippen LogP) is 4.10. The van der Waals surface area contributed by atoms with Crippen LogP contribution in [0.25, 0.3) is 6.08 Å². The summed E-state index contributed by atoms with van der Waals surface area (Å²) in [5, 5.41) is 8.45. The molecule has 0 atom stereocenters. The highest BCUT2D eigenvalue weighted by Crippen LogP contribution is 2.14. The molecule has 0 aromatic heterocycles. The molecule has 0 spiro atoms. The van der Waals surface area contributed by atoms with Crippen molar-refractivity contribution in [2.45, 2.75) is 13.8 Å². The highest BCUT2D eigenvalue weighted by atomic mass is 16.5. The number of carbonyl (C=O) groups is 1. The van der Waals surface area contributed by atoms with Crippen LogP contribution in [-0.4, -0.2) is 12.4 Å². The van der Waals surface area contributed by atoms with Crippen LogP contribution in [0.4, 0.5) is 0 Å². The SMILES string of the molecule is Cc1ccc(C(=O)/C=C/c2ccc(OCC#N)cc2)cc1C. The van der Waals surface area contributed by atoms with Crippen LogP contribution in [0.15, 0.2) is 48.5 Å². The minimum atomic E-state index is -0.0205. The molecule has 0 heterocycles. The van der Waals surface area contributed by atoms with Gasteiger partial charge in [-0.05, 0) is 54.8 Å². The van der Waals surface area contributed by atoms with Gasteiger partial charge in [-0.1, -0.05) is 30.3 Å². The smallest absolute Gasteiger partial charge is 0.185 e. The number of carbonyl (C=O) groups excluding carboxylic acids is 1. The molecular weight excluding hydrogens is 274 g/mol. The normalized spacial score (nSPS) is 10.4. The predicted molar refractivity (Wildman–Crippen MR) is 86.8 cm³/mol. The van der Waals surface area contributed by atoms with E-state index in [4.69, 9.17) is 10.00 Å². The van der Waals surface area contributed by atoms with E-state index in [1.165, 1.54) is 5.56 Å². The van der Waals surface area contributed by atoms with Gasteiger partial charge in [0, 0.05) is 5.56 Å². The van der Waals surface area contributed by atoms with E-state index in [0.29, 0.717) is 11.3 Å². The van der Waals surface area contributed by atoms with Gasteiger partial charge in [-0.2, -0.15) is 5.26 Å². The maximum atomic E-state index is 12.1. The first kappa shape index (κ1) is 15.5. The van der Waals surface area contributed by atoms with E-state index in [-0.39, 0.29) is 12.4 Å². The second kappa shape index (κ2) is 7.24. The number of hydrogen-bond acceptors (Lipinski definition) is 3. The van der Waals surface area contributed by atoms with Gasteiger partial charge in [0.2, 0.25) is 0 Å². The molecule has 0 amide bonds. The van der Waals surface area contributed by atoms with Gasteiger partial charge < -0.3 is 4.74 Å². The van der Waals surface area contributed by atoms with Crippen molar-refractivity contribution in [2.24, 2.45) is 0 Å². The Kier molecular flexibility index (Phi) is 5.11. The number of rotatable bonds is 5. The van der Waals surface area contributed by atoms with Crippen LogP contribution in [-0.2, 0) is 0 Å². The van der Waals surface area contributed by atoms with Crippen LogP contribution in [0.2, 0.25) is 0 Å². The van der Waals surface area contributed by atoms with E-state index >= 15 is 0 Å². The Morgan fingerprint density at radius 2 is 1.86 bits per heavy atom. The number of aryl methyl sites for hydroxylation is 2. The van der Waals surface area contributed by atoms with Gasteiger partial charge in [0.05, 0.1) is 0 Å². The number of allylic oxidation sites excluding steroid dienone is 1. The summed E-state index contributed by atoms with van der Waals surface area (Å²) in [5.41, 5.74) is 3.88. The average Bonchev–Trinajstić information content (AvgIpc) is 2.54. The van der Waals surface area contributed by atoms with E-state index in [0.717, 1.165) is 11.1 Å². The third-order valence-electron chi connectivity index (χ3n) is 3.40. The van der Waals surface area contributed by atoms with Crippen LogP contribution in [0.5, 0.6) is 5.75 Å². The first-order valence-electron chi connectivity index (χ1n) is 6.99. The Hall–Kier alpha value is -2.86. The monoisotopic (exact) mass is 291 g/mol. The van der Waals surface area contributed by atoms with Crippen LogP contribution in [0.3, 0.4) is 0 Å². The second-order valence-electron chi connectivity index (χ2n) is 5.01. The Morgan fingerprint density at radius 3 is 2.50 bits per heavy atom. The van der Waals surface area contributed by atoms with Gasteiger partial charge in [0.1, 0.15) is 11.8 Å². The van der Waals surface area contributed by atoms with Crippen molar-refractivity contribution in [2.75, 3.05) is 6.61 Å². The summed E-state index contributed by atoms with van der Waals surface area (Å²) >= 11 is 0. The molecule has 0 aliphatic carbocycles. The number of benzene rings is 2.